The average Bonchev–Trinajstić information content (AvgIpc) is 2.85. The molecule has 2 heterocycles. The molecule has 3 rings (SSSR count). The van der Waals surface area contributed by atoms with E-state index in [1.807, 2.05) is 24.0 Å². The van der Waals surface area contributed by atoms with Crippen LogP contribution in [0.25, 0.3) is 0 Å². The van der Waals surface area contributed by atoms with Crippen LogP contribution in [0, 0.1) is 0 Å². The van der Waals surface area contributed by atoms with Crippen molar-refractivity contribution in [2.75, 3.05) is 57.3 Å². The first kappa shape index (κ1) is 24.4. The predicted molar refractivity (Wildman–Crippen MR) is 124 cm³/mol. The van der Waals surface area contributed by atoms with Gasteiger partial charge in [0.05, 0.1) is 40.2 Å². The summed E-state index contributed by atoms with van der Waals surface area (Å²) < 4.78 is 22.7. The zero-order valence-electron chi connectivity index (χ0n) is 19.5. The van der Waals surface area contributed by atoms with Crippen LogP contribution in [0.15, 0.2) is 29.2 Å². The number of methoxy groups -OCH3 is 2. The molecule has 10 heteroatoms. The molecule has 0 amide bonds. The number of unbranched alkanes of at least 4 members (excludes halogenated alkanes) is 1. The number of morpholine rings is 1. The minimum atomic E-state index is -0.462. The lowest BCUT2D eigenvalue weighted by Crippen LogP contribution is -2.41. The first-order valence-corrected chi connectivity index (χ1v) is 11.1. The van der Waals surface area contributed by atoms with Gasteiger partial charge in [-0.2, -0.15) is 0 Å². The summed E-state index contributed by atoms with van der Waals surface area (Å²) in [5.41, 5.74) is 0.790. The van der Waals surface area contributed by atoms with Crippen molar-refractivity contribution in [2.45, 2.75) is 32.9 Å². The first-order valence-electron chi connectivity index (χ1n) is 11.1. The van der Waals surface area contributed by atoms with Crippen LogP contribution in [-0.4, -0.2) is 62.7 Å². The second-order valence-electron chi connectivity index (χ2n) is 7.57. The molecule has 1 aromatic heterocycles. The van der Waals surface area contributed by atoms with Gasteiger partial charge in [0.2, 0.25) is 5.95 Å². The van der Waals surface area contributed by atoms with Crippen molar-refractivity contribution >= 4 is 17.6 Å². The maximum atomic E-state index is 13.3. The third-order valence-electron chi connectivity index (χ3n) is 5.33. The lowest BCUT2D eigenvalue weighted by Gasteiger charge is -2.29. The highest BCUT2D eigenvalue weighted by molar-refractivity contribution is 5.70. The highest BCUT2D eigenvalue weighted by Crippen LogP contribution is 2.25. The summed E-state index contributed by atoms with van der Waals surface area (Å²) in [5, 5.41) is 3.13. The molecule has 1 aromatic carbocycles. The number of rotatable bonds is 11. The van der Waals surface area contributed by atoms with E-state index in [1.54, 1.807) is 20.3 Å². The fraction of sp³-hybridized carbons (Fsp3) is 0.522. The SMILES string of the molecule is CCCCOC(=O)Cn1c(N2CCOCC2)ncc(NCc2ccc(OC)cc2OC)c1=O. The summed E-state index contributed by atoms with van der Waals surface area (Å²) in [6.07, 6.45) is 3.20. The maximum Gasteiger partial charge on any atom is 0.326 e. The van der Waals surface area contributed by atoms with E-state index >= 15 is 0 Å². The second-order valence-corrected chi connectivity index (χ2v) is 7.57. The zero-order valence-corrected chi connectivity index (χ0v) is 19.5. The minimum absolute atomic E-state index is 0.205. The summed E-state index contributed by atoms with van der Waals surface area (Å²) >= 11 is 0. The quantitative estimate of drug-likeness (QED) is 0.398. The summed E-state index contributed by atoms with van der Waals surface area (Å²) in [4.78, 5) is 32.2. The van der Waals surface area contributed by atoms with Gasteiger partial charge in [-0.3, -0.25) is 14.2 Å². The number of esters is 1. The van der Waals surface area contributed by atoms with Crippen LogP contribution in [-0.2, 0) is 27.4 Å². The number of nitrogens with zero attached hydrogens (tertiary/aromatic N) is 3. The Labute approximate surface area is 193 Å². The van der Waals surface area contributed by atoms with E-state index in [9.17, 15) is 9.59 Å². The highest BCUT2D eigenvalue weighted by Gasteiger charge is 2.21. The number of hydrogen-bond acceptors (Lipinski definition) is 9. The van der Waals surface area contributed by atoms with E-state index < -0.39 is 5.97 Å². The molecule has 1 aliphatic rings. The van der Waals surface area contributed by atoms with Gasteiger partial charge in [0, 0.05) is 31.3 Å². The molecule has 0 unspecified atom stereocenters. The summed E-state index contributed by atoms with van der Waals surface area (Å²) in [6, 6.07) is 5.47. The summed E-state index contributed by atoms with van der Waals surface area (Å²) in [5.74, 6) is 1.29. The van der Waals surface area contributed by atoms with Crippen molar-refractivity contribution < 1.29 is 23.7 Å². The predicted octanol–water partition coefficient (Wildman–Crippen LogP) is 2.05. The molecule has 0 aliphatic carbocycles. The molecule has 180 valence electrons. The largest absolute Gasteiger partial charge is 0.497 e. The molecule has 1 N–H and O–H groups in total. The van der Waals surface area contributed by atoms with Crippen molar-refractivity contribution in [2.24, 2.45) is 0 Å². The molecular weight excluding hydrogens is 428 g/mol. The van der Waals surface area contributed by atoms with E-state index in [2.05, 4.69) is 10.3 Å². The van der Waals surface area contributed by atoms with Gasteiger partial charge in [-0.05, 0) is 18.6 Å². The van der Waals surface area contributed by atoms with Crippen LogP contribution in [0.1, 0.15) is 25.3 Å². The smallest absolute Gasteiger partial charge is 0.326 e. The number of anilines is 2. The molecule has 0 atom stereocenters. The van der Waals surface area contributed by atoms with E-state index in [0.717, 1.165) is 18.4 Å². The van der Waals surface area contributed by atoms with Gasteiger partial charge in [0.25, 0.3) is 5.56 Å². The van der Waals surface area contributed by atoms with E-state index in [-0.39, 0.29) is 17.8 Å². The van der Waals surface area contributed by atoms with Crippen molar-refractivity contribution in [1.29, 1.82) is 0 Å². The number of hydrogen-bond donors (Lipinski definition) is 1. The molecule has 0 spiro atoms. The second kappa shape index (κ2) is 12.1. The maximum absolute atomic E-state index is 13.3. The van der Waals surface area contributed by atoms with Gasteiger partial charge in [-0.15, -0.1) is 0 Å². The van der Waals surface area contributed by atoms with E-state index in [0.29, 0.717) is 56.9 Å². The van der Waals surface area contributed by atoms with Gasteiger partial charge in [0.15, 0.2) is 0 Å². The molecule has 1 aliphatic heterocycles. The Kier molecular flexibility index (Phi) is 8.94. The molecule has 10 nitrogen and oxygen atoms in total. The Morgan fingerprint density at radius 3 is 2.70 bits per heavy atom. The Balaban J connectivity index is 1.83. The van der Waals surface area contributed by atoms with Crippen LogP contribution in [0.2, 0.25) is 0 Å². The van der Waals surface area contributed by atoms with E-state index in [4.69, 9.17) is 18.9 Å². The van der Waals surface area contributed by atoms with E-state index in [1.165, 1.54) is 10.8 Å². The minimum Gasteiger partial charge on any atom is -0.497 e. The lowest BCUT2D eigenvalue weighted by atomic mass is 10.2. The van der Waals surface area contributed by atoms with Gasteiger partial charge < -0.3 is 29.2 Å². The molecule has 1 fully saturated rings. The topological polar surface area (TPSA) is 104 Å². The monoisotopic (exact) mass is 460 g/mol. The number of ether oxygens (including phenoxy) is 4. The Morgan fingerprint density at radius 2 is 2.00 bits per heavy atom. The van der Waals surface area contributed by atoms with Crippen molar-refractivity contribution in [1.82, 2.24) is 9.55 Å². The van der Waals surface area contributed by atoms with Crippen molar-refractivity contribution in [3.8, 4) is 11.5 Å². The average molecular weight is 461 g/mol. The molecule has 1 saturated heterocycles. The molecule has 0 saturated carbocycles. The summed E-state index contributed by atoms with van der Waals surface area (Å²) in [7, 11) is 3.16. The van der Waals surface area contributed by atoms with Gasteiger partial charge in [-0.1, -0.05) is 13.3 Å². The number of aromatic nitrogens is 2. The Morgan fingerprint density at radius 1 is 1.21 bits per heavy atom. The molecular formula is C23H32N4O6. The van der Waals surface area contributed by atoms with Crippen LogP contribution in [0.3, 0.4) is 0 Å². The molecule has 33 heavy (non-hydrogen) atoms. The van der Waals surface area contributed by atoms with Gasteiger partial charge in [0.1, 0.15) is 23.7 Å². The molecule has 0 radical (unpaired) electrons. The van der Waals surface area contributed by atoms with Crippen LogP contribution < -0.4 is 25.2 Å². The highest BCUT2D eigenvalue weighted by atomic mass is 16.5. The third kappa shape index (κ3) is 6.38. The number of carbonyl (C=O) groups is 1. The standard InChI is InChI=1S/C23H32N4O6/c1-4-5-10-33-21(28)16-27-22(29)19(15-25-23(27)26-8-11-32-12-9-26)24-14-17-6-7-18(30-2)13-20(17)31-3/h6-7,13,15,24H,4-5,8-12,14,16H2,1-3H3. The number of nitrogens with one attached hydrogen (secondary N) is 1. The van der Waals surface area contributed by atoms with Crippen LogP contribution in [0.5, 0.6) is 11.5 Å². The fourth-order valence-corrected chi connectivity index (χ4v) is 3.46. The third-order valence-corrected chi connectivity index (χ3v) is 5.33. The lowest BCUT2D eigenvalue weighted by molar-refractivity contribution is -0.144. The zero-order chi connectivity index (χ0) is 23.6. The Hall–Kier alpha value is -3.27. The normalized spacial score (nSPS) is 13.5. The first-order chi connectivity index (χ1) is 16.1. The number of carbonyl (C=O) groups excluding carboxylic acids is 1. The van der Waals surface area contributed by atoms with Gasteiger partial charge >= 0.3 is 5.97 Å². The van der Waals surface area contributed by atoms with Crippen LogP contribution in [0.4, 0.5) is 11.6 Å². The summed E-state index contributed by atoms with van der Waals surface area (Å²) in [6.45, 7) is 4.74. The Bertz CT molecular complexity index is 987. The van der Waals surface area contributed by atoms with Crippen LogP contribution >= 0.6 is 0 Å². The fourth-order valence-electron chi connectivity index (χ4n) is 3.46. The van der Waals surface area contributed by atoms with Crippen molar-refractivity contribution in [3.63, 3.8) is 0 Å². The molecule has 0 bridgehead atoms. The molecule has 2 aromatic rings. The van der Waals surface area contributed by atoms with Crippen molar-refractivity contribution in [3.05, 3.63) is 40.3 Å². The van der Waals surface area contributed by atoms with Gasteiger partial charge in [-0.25, -0.2) is 4.98 Å². The number of benzene rings is 1.